The lowest BCUT2D eigenvalue weighted by molar-refractivity contribution is 0.0963. The first-order chi connectivity index (χ1) is 8.75. The van der Waals surface area contributed by atoms with E-state index in [9.17, 15) is 4.79 Å². The van der Waals surface area contributed by atoms with Gasteiger partial charge in [0, 0.05) is 12.6 Å². The summed E-state index contributed by atoms with van der Waals surface area (Å²) in [6, 6.07) is 11.8. The largest absolute Gasteiger partial charge is 0.294 e. The van der Waals surface area contributed by atoms with Crippen LogP contribution in [-0.2, 0) is 6.42 Å². The summed E-state index contributed by atoms with van der Waals surface area (Å²) in [6.45, 7) is 0. The highest BCUT2D eigenvalue weighted by Crippen LogP contribution is 2.34. The van der Waals surface area contributed by atoms with Gasteiger partial charge in [0.15, 0.2) is 5.78 Å². The Morgan fingerprint density at radius 2 is 1.89 bits per heavy atom. The van der Waals surface area contributed by atoms with Crippen molar-refractivity contribution in [3.8, 4) is 0 Å². The number of Topliss-reactive ketones (excluding diaryl/α,β-unsaturated/α-hetero) is 1. The van der Waals surface area contributed by atoms with Crippen molar-refractivity contribution in [3.05, 3.63) is 64.4 Å². The van der Waals surface area contributed by atoms with E-state index in [1.807, 2.05) is 18.2 Å². The Balaban J connectivity index is 2.00. The molecule has 1 aromatic carbocycles. The van der Waals surface area contributed by atoms with Crippen LogP contribution in [0.15, 0.2) is 42.6 Å². The number of hydrogen-bond acceptors (Lipinski definition) is 2. The first-order valence-electron chi connectivity index (χ1n) is 5.97. The van der Waals surface area contributed by atoms with E-state index < -0.39 is 0 Å². The molecule has 0 saturated carbocycles. The molecule has 0 saturated heterocycles. The van der Waals surface area contributed by atoms with Gasteiger partial charge in [-0.2, -0.15) is 0 Å². The fourth-order valence-corrected chi connectivity index (χ4v) is 2.79. The molecule has 0 spiro atoms. The van der Waals surface area contributed by atoms with Gasteiger partial charge in [0.25, 0.3) is 0 Å². The number of ketones is 1. The zero-order valence-electron chi connectivity index (χ0n) is 9.77. The molecule has 1 atom stereocenters. The topological polar surface area (TPSA) is 30.0 Å². The molecular formula is C15H12ClNO. The van der Waals surface area contributed by atoms with Gasteiger partial charge in [0.05, 0.1) is 16.3 Å². The zero-order chi connectivity index (χ0) is 12.5. The van der Waals surface area contributed by atoms with Gasteiger partial charge in [-0.05, 0) is 24.0 Å². The van der Waals surface area contributed by atoms with Crippen LogP contribution in [0.1, 0.15) is 34.0 Å². The summed E-state index contributed by atoms with van der Waals surface area (Å²) in [6.07, 6.45) is 2.97. The number of halogens is 1. The van der Waals surface area contributed by atoms with Crippen LogP contribution < -0.4 is 0 Å². The molecule has 1 heterocycles. The predicted molar refractivity (Wildman–Crippen MR) is 71.1 cm³/mol. The highest BCUT2D eigenvalue weighted by molar-refractivity contribution is 6.34. The molecule has 0 radical (unpaired) electrons. The molecule has 3 rings (SSSR count). The number of fused-ring (bicyclic) bond motifs is 1. The maximum absolute atomic E-state index is 12.2. The van der Waals surface area contributed by atoms with E-state index in [1.54, 1.807) is 12.3 Å². The van der Waals surface area contributed by atoms with E-state index in [4.69, 9.17) is 11.6 Å². The summed E-state index contributed by atoms with van der Waals surface area (Å²) in [7, 11) is 0. The fourth-order valence-electron chi connectivity index (χ4n) is 2.52. The molecule has 90 valence electrons. The smallest absolute Gasteiger partial charge is 0.166 e. The molecule has 1 aliphatic rings. The van der Waals surface area contributed by atoms with Crippen molar-refractivity contribution in [2.24, 2.45) is 0 Å². The number of hydrogen-bond donors (Lipinski definition) is 0. The number of aromatic nitrogens is 1. The molecule has 2 nitrogen and oxygen atoms in total. The lowest BCUT2D eigenvalue weighted by Gasteiger charge is -2.23. The van der Waals surface area contributed by atoms with Gasteiger partial charge in [0.1, 0.15) is 0 Å². The maximum Gasteiger partial charge on any atom is 0.166 e. The van der Waals surface area contributed by atoms with Crippen LogP contribution >= 0.6 is 11.6 Å². The highest BCUT2D eigenvalue weighted by Gasteiger charge is 2.28. The van der Waals surface area contributed by atoms with E-state index in [2.05, 4.69) is 17.1 Å². The Bertz CT molecular complexity index is 595. The van der Waals surface area contributed by atoms with Gasteiger partial charge in [0.2, 0.25) is 0 Å². The maximum atomic E-state index is 12.2. The molecule has 0 aliphatic heterocycles. The van der Waals surface area contributed by atoms with Crippen LogP contribution in [0.25, 0.3) is 0 Å². The fraction of sp³-hybridized carbons (Fsp3) is 0.200. The van der Waals surface area contributed by atoms with Crippen molar-refractivity contribution < 1.29 is 4.79 Å². The number of carbonyl (C=O) groups excluding carboxylic acids is 1. The van der Waals surface area contributed by atoms with Crippen molar-refractivity contribution in [1.82, 2.24) is 4.98 Å². The molecule has 1 aromatic heterocycles. The standard InChI is InChI=1S/C15H12ClNO/c16-12-6-7-17-13-8-11(9-14(18)15(12)13)10-4-2-1-3-5-10/h1-7,11H,8-9H2. The number of pyridine rings is 1. The molecule has 1 unspecified atom stereocenters. The molecule has 0 N–H and O–H groups in total. The minimum absolute atomic E-state index is 0.100. The number of rotatable bonds is 1. The van der Waals surface area contributed by atoms with Crippen molar-refractivity contribution in [2.45, 2.75) is 18.8 Å². The lowest BCUT2D eigenvalue weighted by atomic mass is 9.82. The quantitative estimate of drug-likeness (QED) is 0.781. The molecule has 3 heteroatoms. The van der Waals surface area contributed by atoms with Gasteiger partial charge in [-0.1, -0.05) is 41.9 Å². The van der Waals surface area contributed by atoms with Crippen LogP contribution in [0.3, 0.4) is 0 Å². The van der Waals surface area contributed by atoms with Crippen LogP contribution in [0, 0.1) is 0 Å². The molecule has 0 bridgehead atoms. The Morgan fingerprint density at radius 3 is 2.67 bits per heavy atom. The summed E-state index contributed by atoms with van der Waals surface area (Å²) >= 11 is 6.07. The summed E-state index contributed by atoms with van der Waals surface area (Å²) in [5, 5.41) is 0.525. The van der Waals surface area contributed by atoms with Gasteiger partial charge in [-0.25, -0.2) is 0 Å². The lowest BCUT2D eigenvalue weighted by Crippen LogP contribution is -2.20. The van der Waals surface area contributed by atoms with Crippen molar-refractivity contribution in [3.63, 3.8) is 0 Å². The third-order valence-electron chi connectivity index (χ3n) is 3.40. The Morgan fingerprint density at radius 1 is 1.11 bits per heavy atom. The molecular weight excluding hydrogens is 246 g/mol. The first kappa shape index (κ1) is 11.4. The third kappa shape index (κ3) is 1.93. The summed E-state index contributed by atoms with van der Waals surface area (Å²) in [5.41, 5.74) is 2.64. The van der Waals surface area contributed by atoms with E-state index in [0.29, 0.717) is 17.0 Å². The second-order valence-corrected chi connectivity index (χ2v) is 4.96. The Kier molecular flexibility index (Phi) is 2.88. The number of nitrogens with zero attached hydrogens (tertiary/aromatic N) is 1. The molecule has 0 fully saturated rings. The number of carbonyl (C=O) groups is 1. The third-order valence-corrected chi connectivity index (χ3v) is 3.71. The minimum atomic E-state index is 0.100. The average Bonchev–Trinajstić information content (AvgIpc) is 2.39. The Hall–Kier alpha value is -1.67. The monoisotopic (exact) mass is 257 g/mol. The van der Waals surface area contributed by atoms with E-state index in [-0.39, 0.29) is 11.7 Å². The molecule has 18 heavy (non-hydrogen) atoms. The SMILES string of the molecule is O=C1CC(c2ccccc2)Cc2nccc(Cl)c21. The van der Waals surface area contributed by atoms with Gasteiger partial charge in [-0.3, -0.25) is 9.78 Å². The average molecular weight is 258 g/mol. The second-order valence-electron chi connectivity index (χ2n) is 4.55. The second kappa shape index (κ2) is 4.54. The first-order valence-corrected chi connectivity index (χ1v) is 6.35. The van der Waals surface area contributed by atoms with Gasteiger partial charge >= 0.3 is 0 Å². The summed E-state index contributed by atoms with van der Waals surface area (Å²) in [5.74, 6) is 0.320. The molecule has 0 amide bonds. The van der Waals surface area contributed by atoms with E-state index in [0.717, 1.165) is 12.1 Å². The van der Waals surface area contributed by atoms with Crippen LogP contribution in [-0.4, -0.2) is 10.8 Å². The normalized spacial score (nSPS) is 18.5. The van der Waals surface area contributed by atoms with E-state index >= 15 is 0 Å². The van der Waals surface area contributed by atoms with Crippen LogP contribution in [0.5, 0.6) is 0 Å². The van der Waals surface area contributed by atoms with Crippen LogP contribution in [0.4, 0.5) is 0 Å². The Labute approximate surface area is 111 Å². The van der Waals surface area contributed by atoms with E-state index in [1.165, 1.54) is 5.56 Å². The van der Waals surface area contributed by atoms with Crippen LogP contribution in [0.2, 0.25) is 5.02 Å². The van der Waals surface area contributed by atoms with Crippen molar-refractivity contribution in [2.75, 3.05) is 0 Å². The van der Waals surface area contributed by atoms with Gasteiger partial charge < -0.3 is 0 Å². The van der Waals surface area contributed by atoms with Crippen molar-refractivity contribution >= 4 is 17.4 Å². The summed E-state index contributed by atoms with van der Waals surface area (Å²) < 4.78 is 0. The van der Waals surface area contributed by atoms with Gasteiger partial charge in [-0.15, -0.1) is 0 Å². The summed E-state index contributed by atoms with van der Waals surface area (Å²) in [4.78, 5) is 16.5. The molecule has 2 aromatic rings. The number of benzene rings is 1. The molecule has 1 aliphatic carbocycles. The zero-order valence-corrected chi connectivity index (χ0v) is 10.5. The highest BCUT2D eigenvalue weighted by atomic mass is 35.5. The predicted octanol–water partition coefficient (Wildman–Crippen LogP) is 3.65. The minimum Gasteiger partial charge on any atom is -0.294 e. The van der Waals surface area contributed by atoms with Crippen molar-refractivity contribution in [1.29, 1.82) is 0 Å².